The Balaban J connectivity index is 0.825. The van der Waals surface area contributed by atoms with Gasteiger partial charge in [0.05, 0.1) is 70.8 Å². The quantitative estimate of drug-likeness (QED) is 0.0539. The summed E-state index contributed by atoms with van der Waals surface area (Å²) in [6.45, 7) is 4.37. The van der Waals surface area contributed by atoms with Gasteiger partial charge in [0.15, 0.2) is 0 Å². The molecule has 0 aromatic heterocycles. The van der Waals surface area contributed by atoms with Crippen molar-refractivity contribution < 1.29 is 38.4 Å². The van der Waals surface area contributed by atoms with Crippen LogP contribution in [0.2, 0.25) is 0 Å². The van der Waals surface area contributed by atoms with Crippen LogP contribution in [0.3, 0.4) is 0 Å². The molecular formula is C44H52N6O8. The van der Waals surface area contributed by atoms with Gasteiger partial charge >= 0.3 is 0 Å². The number of nitrogens with zero attached hydrogens (tertiary/aromatic N) is 3. The van der Waals surface area contributed by atoms with Crippen molar-refractivity contribution in [2.75, 3.05) is 77.4 Å². The second kappa shape index (κ2) is 24.1. The van der Waals surface area contributed by atoms with Gasteiger partial charge in [0.2, 0.25) is 11.8 Å². The molecule has 0 aliphatic carbocycles. The Kier molecular flexibility index (Phi) is 18.0. The zero-order chi connectivity index (χ0) is 40.8. The number of phenols is 1. The van der Waals surface area contributed by atoms with E-state index in [1.54, 1.807) is 41.3 Å². The maximum atomic E-state index is 13.3. The fraction of sp³-hybridized carbons (Fsp3) is 0.341. The molecule has 306 valence electrons. The number of phenolic OH excluding ortho intramolecular Hbond substituents is 1. The molecule has 1 aliphatic heterocycles. The first kappa shape index (κ1) is 43.4. The van der Waals surface area contributed by atoms with E-state index >= 15 is 0 Å². The molecule has 5 rings (SSSR count). The fourth-order valence-electron chi connectivity index (χ4n) is 5.94. The van der Waals surface area contributed by atoms with E-state index in [4.69, 9.17) is 24.7 Å². The number of carbonyl (C=O) groups excluding carboxylic acids is 3. The van der Waals surface area contributed by atoms with Gasteiger partial charge in [-0.3, -0.25) is 14.4 Å². The predicted molar refractivity (Wildman–Crippen MR) is 222 cm³/mol. The monoisotopic (exact) mass is 792 g/mol. The van der Waals surface area contributed by atoms with Crippen LogP contribution in [-0.2, 0) is 41.5 Å². The van der Waals surface area contributed by atoms with E-state index in [2.05, 4.69) is 26.9 Å². The summed E-state index contributed by atoms with van der Waals surface area (Å²) < 4.78 is 22.1. The molecule has 0 saturated carbocycles. The van der Waals surface area contributed by atoms with Crippen LogP contribution in [0, 0.1) is 0 Å². The van der Waals surface area contributed by atoms with Crippen molar-refractivity contribution in [3.63, 3.8) is 0 Å². The van der Waals surface area contributed by atoms with Crippen molar-refractivity contribution >= 4 is 46.9 Å². The zero-order valence-electron chi connectivity index (χ0n) is 32.6. The van der Waals surface area contributed by atoms with Crippen LogP contribution in [0.4, 0.5) is 17.1 Å². The molecular weight excluding hydrogens is 741 g/mol. The molecule has 58 heavy (non-hydrogen) atoms. The van der Waals surface area contributed by atoms with E-state index in [9.17, 15) is 19.5 Å². The average Bonchev–Trinajstić information content (AvgIpc) is 3.23. The Labute approximate surface area is 339 Å². The number of para-hydroxylation sites is 1. The topological polar surface area (TPSA) is 186 Å². The van der Waals surface area contributed by atoms with Crippen LogP contribution in [0.5, 0.6) is 5.75 Å². The molecule has 0 saturated heterocycles. The smallest absolute Gasteiger partial charge is 0.251 e. The normalized spacial score (nSPS) is 12.7. The molecule has 0 unspecified atom stereocenters. The first-order valence-corrected chi connectivity index (χ1v) is 19.5. The average molecular weight is 793 g/mol. The third-order valence-corrected chi connectivity index (χ3v) is 9.01. The van der Waals surface area contributed by atoms with Gasteiger partial charge in [0.1, 0.15) is 11.4 Å². The number of nitrogens with one attached hydrogen (secondary N) is 2. The van der Waals surface area contributed by atoms with Gasteiger partial charge in [-0.2, -0.15) is 5.11 Å². The van der Waals surface area contributed by atoms with E-state index in [-0.39, 0.29) is 49.5 Å². The van der Waals surface area contributed by atoms with Gasteiger partial charge in [-0.05, 0) is 77.7 Å². The van der Waals surface area contributed by atoms with Crippen LogP contribution in [0.25, 0.3) is 12.2 Å². The number of fused-ring (bicyclic) bond motifs is 2. The molecule has 0 fully saturated rings. The Bertz CT molecular complexity index is 1990. The highest BCUT2D eigenvalue weighted by atomic mass is 16.6. The van der Waals surface area contributed by atoms with Crippen molar-refractivity contribution in [3.05, 3.63) is 119 Å². The lowest BCUT2D eigenvalue weighted by Crippen LogP contribution is -2.35. The van der Waals surface area contributed by atoms with Crippen molar-refractivity contribution in [3.8, 4) is 5.75 Å². The molecule has 3 amide bonds. The molecule has 14 heteroatoms. The minimum atomic E-state index is -0.236. The van der Waals surface area contributed by atoms with Gasteiger partial charge < -0.3 is 45.3 Å². The second-order valence-corrected chi connectivity index (χ2v) is 13.2. The van der Waals surface area contributed by atoms with E-state index in [0.717, 1.165) is 27.9 Å². The number of carbonyl (C=O) groups is 3. The Morgan fingerprint density at radius 1 is 0.690 bits per heavy atom. The molecule has 0 atom stereocenters. The van der Waals surface area contributed by atoms with Crippen molar-refractivity contribution in [2.45, 2.75) is 25.8 Å². The van der Waals surface area contributed by atoms with Gasteiger partial charge in [-0.1, -0.05) is 60.7 Å². The highest BCUT2D eigenvalue weighted by molar-refractivity contribution is 5.97. The molecule has 14 nitrogen and oxygen atoms in total. The number of benzene rings is 4. The highest BCUT2D eigenvalue weighted by Crippen LogP contribution is 2.30. The Morgan fingerprint density at radius 2 is 1.34 bits per heavy atom. The summed E-state index contributed by atoms with van der Waals surface area (Å²) in [6, 6.07) is 27.7. The van der Waals surface area contributed by atoms with Crippen LogP contribution >= 0.6 is 0 Å². The molecule has 5 N–H and O–H groups in total. The van der Waals surface area contributed by atoms with Crippen molar-refractivity contribution in [1.29, 1.82) is 0 Å². The minimum Gasteiger partial charge on any atom is -0.506 e. The lowest BCUT2D eigenvalue weighted by atomic mass is 10.0. The van der Waals surface area contributed by atoms with Crippen molar-refractivity contribution in [2.24, 2.45) is 16.0 Å². The summed E-state index contributed by atoms with van der Waals surface area (Å²) in [7, 11) is 0. The number of hydrogen-bond acceptors (Lipinski definition) is 11. The van der Waals surface area contributed by atoms with Crippen LogP contribution in [0.1, 0.15) is 45.5 Å². The predicted octanol–water partition coefficient (Wildman–Crippen LogP) is 5.72. The molecule has 4 aromatic rings. The van der Waals surface area contributed by atoms with E-state index in [0.29, 0.717) is 89.2 Å². The first-order chi connectivity index (χ1) is 28.4. The Hall–Kier alpha value is -5.77. The van der Waals surface area contributed by atoms with Gasteiger partial charge in [0, 0.05) is 31.5 Å². The van der Waals surface area contributed by atoms with E-state index in [1.165, 1.54) is 0 Å². The number of amides is 3. The number of rotatable bonds is 23. The number of aromatic hydroxyl groups is 1. The molecule has 4 aromatic carbocycles. The molecule has 0 bridgehead atoms. The third kappa shape index (κ3) is 14.3. The molecule has 1 heterocycles. The maximum absolute atomic E-state index is 13.3. The molecule has 0 spiro atoms. The fourth-order valence-corrected chi connectivity index (χ4v) is 5.94. The summed E-state index contributed by atoms with van der Waals surface area (Å²) >= 11 is 0. The number of ether oxygens (including phenoxy) is 4. The summed E-state index contributed by atoms with van der Waals surface area (Å²) in [6.07, 6.45) is 5.14. The van der Waals surface area contributed by atoms with E-state index in [1.807, 2.05) is 60.7 Å². The SMILES string of the molecule is NCCc1ccc(/N=N/c2ccc(C(=O)NCCOCCOCCOCCOCCC(=O)NCCC(=O)N3Cc4ccccc4/C=C\c4ccccc43)cc2)c(O)c1. The third-order valence-electron chi connectivity index (χ3n) is 9.01. The number of azo groups is 1. The Morgan fingerprint density at radius 3 is 2.07 bits per heavy atom. The number of nitrogens with two attached hydrogens (primary N) is 1. The van der Waals surface area contributed by atoms with Crippen molar-refractivity contribution in [1.82, 2.24) is 10.6 Å². The highest BCUT2D eigenvalue weighted by Gasteiger charge is 2.21. The number of anilines is 1. The zero-order valence-corrected chi connectivity index (χ0v) is 32.6. The second-order valence-electron chi connectivity index (χ2n) is 13.2. The van der Waals surface area contributed by atoms with Crippen LogP contribution in [0.15, 0.2) is 101 Å². The van der Waals surface area contributed by atoms with Gasteiger partial charge in [-0.25, -0.2) is 0 Å². The first-order valence-electron chi connectivity index (χ1n) is 19.5. The minimum absolute atomic E-state index is 0.0311. The van der Waals surface area contributed by atoms with Gasteiger partial charge in [-0.15, -0.1) is 5.11 Å². The lowest BCUT2D eigenvalue weighted by Gasteiger charge is -2.27. The largest absolute Gasteiger partial charge is 0.506 e. The van der Waals surface area contributed by atoms with Crippen LogP contribution < -0.4 is 21.3 Å². The summed E-state index contributed by atoms with van der Waals surface area (Å²) in [5.41, 5.74) is 11.8. The molecule has 0 radical (unpaired) electrons. The summed E-state index contributed by atoms with van der Waals surface area (Å²) in [5, 5.41) is 24.0. The van der Waals surface area contributed by atoms with Crippen LogP contribution in [-0.4, -0.2) is 95.3 Å². The number of hydrogen-bond donors (Lipinski definition) is 4. The lowest BCUT2D eigenvalue weighted by molar-refractivity contribution is -0.122. The summed E-state index contributed by atoms with van der Waals surface area (Å²) in [5.74, 6) is -0.442. The standard InChI is InChI=1S/C44H52N6O8/c45-20-17-33-9-16-39(41(51)31-33)49-48-38-14-12-36(13-15-38)44(54)47-22-24-56-26-28-58-30-29-57-27-25-55-23-19-42(52)46-21-18-43(53)50-32-37-7-2-1-5-34(37)10-11-35-6-3-4-8-40(35)50/h1-16,31,51H,17-30,32,45H2,(H,46,52)(H,47,54)/b11-10-,49-48+. The summed E-state index contributed by atoms with van der Waals surface area (Å²) in [4.78, 5) is 39.9. The maximum Gasteiger partial charge on any atom is 0.251 e. The van der Waals surface area contributed by atoms with Gasteiger partial charge in [0.25, 0.3) is 5.91 Å². The van der Waals surface area contributed by atoms with E-state index < -0.39 is 0 Å². The molecule has 1 aliphatic rings.